The zero-order valence-corrected chi connectivity index (χ0v) is 17.3. The van der Waals surface area contributed by atoms with Crippen LogP contribution in [0.25, 0.3) is 0 Å². The van der Waals surface area contributed by atoms with Gasteiger partial charge in [-0.15, -0.1) is 0 Å². The standard InChI is InChI=1S/C21H22ClF3N4O/c1-19(30)12-20(13-19)4-6-28(7-5-20)17-8-18(22)26-10-16(17)3-2-15-9-27-29(11-15)14-21(23,24)25/h8-11,30H,4-7,12-14H2,1H3. The van der Waals surface area contributed by atoms with E-state index < -0.39 is 18.3 Å². The molecular formula is C21H22ClF3N4O. The summed E-state index contributed by atoms with van der Waals surface area (Å²) < 4.78 is 38.3. The Kier molecular flexibility index (Phi) is 5.23. The van der Waals surface area contributed by atoms with Gasteiger partial charge < -0.3 is 10.0 Å². The van der Waals surface area contributed by atoms with Gasteiger partial charge in [0, 0.05) is 31.5 Å². The van der Waals surface area contributed by atoms with Crippen LogP contribution in [-0.4, -0.2) is 44.7 Å². The zero-order chi connectivity index (χ0) is 21.6. The highest BCUT2D eigenvalue weighted by atomic mass is 35.5. The van der Waals surface area contributed by atoms with E-state index in [0.717, 1.165) is 49.1 Å². The predicted octanol–water partition coefficient (Wildman–Crippen LogP) is 4.03. The van der Waals surface area contributed by atoms with E-state index in [9.17, 15) is 18.3 Å². The average molecular weight is 439 g/mol. The van der Waals surface area contributed by atoms with Crippen LogP contribution in [0.4, 0.5) is 18.9 Å². The maximum Gasteiger partial charge on any atom is 0.408 e. The molecule has 1 spiro atoms. The first-order chi connectivity index (χ1) is 14.0. The van der Waals surface area contributed by atoms with Crippen LogP contribution in [0.15, 0.2) is 24.7 Å². The summed E-state index contributed by atoms with van der Waals surface area (Å²) in [6, 6.07) is 1.77. The first-order valence-corrected chi connectivity index (χ1v) is 10.1. The zero-order valence-electron chi connectivity index (χ0n) is 16.5. The molecule has 30 heavy (non-hydrogen) atoms. The van der Waals surface area contributed by atoms with E-state index in [2.05, 4.69) is 26.8 Å². The smallest absolute Gasteiger partial charge is 0.390 e. The quantitative estimate of drug-likeness (QED) is 0.568. The van der Waals surface area contributed by atoms with Crippen LogP contribution in [0.5, 0.6) is 0 Å². The highest BCUT2D eigenvalue weighted by Crippen LogP contribution is 2.54. The fraction of sp³-hybridized carbons (Fsp3) is 0.524. The van der Waals surface area contributed by atoms with Crippen molar-refractivity contribution < 1.29 is 18.3 Å². The summed E-state index contributed by atoms with van der Waals surface area (Å²) in [6.07, 6.45) is 3.48. The molecule has 0 atom stereocenters. The molecule has 1 N–H and O–H groups in total. The van der Waals surface area contributed by atoms with Gasteiger partial charge in [-0.05, 0) is 38.0 Å². The van der Waals surface area contributed by atoms with Crippen molar-refractivity contribution in [1.82, 2.24) is 14.8 Å². The molecule has 1 saturated heterocycles. The minimum absolute atomic E-state index is 0.218. The number of hydrogen-bond donors (Lipinski definition) is 1. The Hall–Kier alpha value is -2.24. The maximum absolute atomic E-state index is 12.5. The summed E-state index contributed by atoms with van der Waals surface area (Å²) in [5.74, 6) is 5.88. The first kappa shape index (κ1) is 21.0. The summed E-state index contributed by atoms with van der Waals surface area (Å²) >= 11 is 6.11. The molecule has 9 heteroatoms. The summed E-state index contributed by atoms with van der Waals surface area (Å²) in [7, 11) is 0. The van der Waals surface area contributed by atoms with E-state index in [1.807, 2.05) is 6.92 Å². The number of aromatic nitrogens is 3. The van der Waals surface area contributed by atoms with Crippen LogP contribution in [-0.2, 0) is 6.54 Å². The number of hydrogen-bond acceptors (Lipinski definition) is 4. The first-order valence-electron chi connectivity index (χ1n) is 9.77. The van der Waals surface area contributed by atoms with E-state index in [1.54, 1.807) is 12.3 Å². The molecule has 0 radical (unpaired) electrons. The molecule has 2 aromatic heterocycles. The molecule has 5 nitrogen and oxygen atoms in total. The Labute approximate surface area is 177 Å². The lowest BCUT2D eigenvalue weighted by atomic mass is 9.56. The average Bonchev–Trinajstić information content (AvgIpc) is 3.05. The second-order valence-electron chi connectivity index (χ2n) is 8.65. The molecule has 160 valence electrons. The van der Waals surface area contributed by atoms with Gasteiger partial charge in [0.05, 0.1) is 28.6 Å². The summed E-state index contributed by atoms with van der Waals surface area (Å²) in [4.78, 5) is 6.32. The molecule has 0 unspecified atom stereocenters. The number of anilines is 1. The van der Waals surface area contributed by atoms with Gasteiger partial charge in [0.25, 0.3) is 0 Å². The van der Waals surface area contributed by atoms with E-state index in [4.69, 9.17) is 11.6 Å². The Bertz CT molecular complexity index is 988. The fourth-order valence-corrected chi connectivity index (χ4v) is 4.91. The van der Waals surface area contributed by atoms with Gasteiger partial charge >= 0.3 is 6.18 Å². The summed E-state index contributed by atoms with van der Waals surface area (Å²) in [5, 5.41) is 14.2. The van der Waals surface area contributed by atoms with Crippen molar-refractivity contribution in [1.29, 1.82) is 0 Å². The van der Waals surface area contributed by atoms with Crippen LogP contribution in [0.3, 0.4) is 0 Å². The molecule has 1 saturated carbocycles. The topological polar surface area (TPSA) is 54.2 Å². The summed E-state index contributed by atoms with van der Waals surface area (Å²) in [6.45, 7) is 2.39. The number of halogens is 4. The van der Waals surface area contributed by atoms with E-state index in [0.29, 0.717) is 16.3 Å². The Morgan fingerprint density at radius 3 is 2.53 bits per heavy atom. The molecule has 0 bridgehead atoms. The van der Waals surface area contributed by atoms with E-state index in [1.165, 1.54) is 12.4 Å². The number of nitrogens with zero attached hydrogens (tertiary/aromatic N) is 4. The van der Waals surface area contributed by atoms with Crippen molar-refractivity contribution in [3.63, 3.8) is 0 Å². The van der Waals surface area contributed by atoms with E-state index >= 15 is 0 Å². The second kappa shape index (κ2) is 7.47. The Balaban J connectivity index is 1.50. The van der Waals surface area contributed by atoms with E-state index in [-0.39, 0.29) is 5.41 Å². The van der Waals surface area contributed by atoms with Gasteiger partial charge in [0.1, 0.15) is 11.7 Å². The molecule has 0 amide bonds. The lowest BCUT2D eigenvalue weighted by Crippen LogP contribution is -2.54. The SMILES string of the molecule is CC1(O)CC2(CCN(c3cc(Cl)ncc3C#Cc3cnn(CC(F)(F)F)c3)CC2)C1. The highest BCUT2D eigenvalue weighted by molar-refractivity contribution is 6.29. The number of alkyl halides is 3. The maximum atomic E-state index is 12.5. The van der Waals surface area contributed by atoms with Gasteiger partial charge in [-0.25, -0.2) is 4.98 Å². The van der Waals surface area contributed by atoms with Gasteiger partial charge in [-0.1, -0.05) is 23.4 Å². The third-order valence-electron chi connectivity index (χ3n) is 5.84. The molecular weight excluding hydrogens is 417 g/mol. The van der Waals surface area contributed by atoms with Crippen molar-refractivity contribution in [2.24, 2.45) is 5.41 Å². The van der Waals surface area contributed by atoms with Gasteiger partial charge in [-0.2, -0.15) is 18.3 Å². The molecule has 4 rings (SSSR count). The minimum atomic E-state index is -4.33. The molecule has 0 aromatic carbocycles. The van der Waals surface area contributed by atoms with Gasteiger partial charge in [0.15, 0.2) is 0 Å². The van der Waals surface area contributed by atoms with Crippen LogP contribution < -0.4 is 4.90 Å². The lowest BCUT2D eigenvalue weighted by Gasteiger charge is -2.55. The van der Waals surface area contributed by atoms with Gasteiger partial charge in [-0.3, -0.25) is 4.68 Å². The number of piperidine rings is 1. The third-order valence-corrected chi connectivity index (χ3v) is 6.05. The highest BCUT2D eigenvalue weighted by Gasteiger charge is 2.51. The Morgan fingerprint density at radius 2 is 1.90 bits per heavy atom. The predicted molar refractivity (Wildman–Crippen MR) is 107 cm³/mol. The summed E-state index contributed by atoms with van der Waals surface area (Å²) in [5.41, 5.74) is 1.60. The normalized spacial score (nSPS) is 19.9. The third kappa shape index (κ3) is 4.73. The van der Waals surface area contributed by atoms with Crippen LogP contribution in [0.2, 0.25) is 5.15 Å². The van der Waals surface area contributed by atoms with Crippen molar-refractivity contribution in [2.45, 2.75) is 50.9 Å². The lowest BCUT2D eigenvalue weighted by molar-refractivity contribution is -0.142. The van der Waals surface area contributed by atoms with Crippen molar-refractivity contribution in [3.05, 3.63) is 40.9 Å². The second-order valence-corrected chi connectivity index (χ2v) is 9.04. The number of aliphatic hydroxyl groups is 1. The monoisotopic (exact) mass is 438 g/mol. The molecule has 2 aliphatic rings. The molecule has 1 aliphatic carbocycles. The molecule has 1 aliphatic heterocycles. The number of rotatable bonds is 2. The van der Waals surface area contributed by atoms with Crippen molar-refractivity contribution in [3.8, 4) is 11.8 Å². The largest absolute Gasteiger partial charge is 0.408 e. The van der Waals surface area contributed by atoms with Crippen molar-refractivity contribution >= 4 is 17.3 Å². The van der Waals surface area contributed by atoms with Crippen LogP contribution in [0.1, 0.15) is 43.7 Å². The number of pyridine rings is 1. The van der Waals surface area contributed by atoms with Crippen LogP contribution in [0, 0.1) is 17.3 Å². The molecule has 2 fully saturated rings. The van der Waals surface area contributed by atoms with Crippen LogP contribution >= 0.6 is 11.6 Å². The fourth-order valence-electron chi connectivity index (χ4n) is 4.76. The minimum Gasteiger partial charge on any atom is -0.390 e. The molecule has 2 aromatic rings. The van der Waals surface area contributed by atoms with Gasteiger partial charge in [0.2, 0.25) is 0 Å². The van der Waals surface area contributed by atoms with Crippen molar-refractivity contribution in [2.75, 3.05) is 18.0 Å². The Morgan fingerprint density at radius 1 is 1.20 bits per heavy atom. The molecule has 3 heterocycles.